The number of benzene rings is 1. The average Bonchev–Trinajstić information content (AvgIpc) is 3.04. The lowest BCUT2D eigenvalue weighted by Crippen LogP contribution is -2.24. The molecule has 2 heterocycles. The van der Waals surface area contributed by atoms with E-state index >= 15 is 0 Å². The minimum Gasteiger partial charge on any atom is -0.478 e. The van der Waals surface area contributed by atoms with Gasteiger partial charge in [-0.15, -0.1) is 11.3 Å². The van der Waals surface area contributed by atoms with Crippen molar-refractivity contribution in [2.24, 2.45) is 0 Å². The van der Waals surface area contributed by atoms with Gasteiger partial charge in [0.15, 0.2) is 0 Å². The number of aromatic nitrogens is 2. The lowest BCUT2D eigenvalue weighted by Gasteiger charge is -2.13. The first kappa shape index (κ1) is 18.3. The number of aryl methyl sites for hydroxylation is 1. The van der Waals surface area contributed by atoms with Gasteiger partial charge in [-0.25, -0.2) is 9.78 Å². The highest BCUT2D eigenvalue weighted by molar-refractivity contribution is 7.17. The number of nitrogens with zero attached hydrogens (tertiary/aromatic N) is 2. The largest absolute Gasteiger partial charge is 0.478 e. The third-order valence-electron chi connectivity index (χ3n) is 4.44. The molecule has 0 atom stereocenters. The second-order valence-electron chi connectivity index (χ2n) is 6.46. The molecule has 6 heteroatoms. The first-order valence-corrected chi connectivity index (χ1v) is 9.73. The van der Waals surface area contributed by atoms with Gasteiger partial charge >= 0.3 is 5.97 Å². The Morgan fingerprint density at radius 3 is 2.77 bits per heavy atom. The standard InChI is InChI=1S/C20H22N2O3S/c1-3-4-5-6-10-22-17(14-9-7-8-13(2)11-14)21-18-16(19(22)23)15(12-26-18)20(24)25/h7-9,11-12H,3-6,10H2,1-2H3,(H,24,25). The summed E-state index contributed by atoms with van der Waals surface area (Å²) in [6.07, 6.45) is 4.13. The van der Waals surface area contributed by atoms with Crippen LogP contribution in [0.4, 0.5) is 0 Å². The summed E-state index contributed by atoms with van der Waals surface area (Å²) >= 11 is 1.20. The monoisotopic (exact) mass is 370 g/mol. The maximum atomic E-state index is 13.1. The van der Waals surface area contributed by atoms with E-state index in [2.05, 4.69) is 11.9 Å². The Hall–Kier alpha value is -2.47. The summed E-state index contributed by atoms with van der Waals surface area (Å²) in [5.41, 5.74) is 1.75. The molecule has 26 heavy (non-hydrogen) atoms. The Morgan fingerprint density at radius 1 is 1.27 bits per heavy atom. The van der Waals surface area contributed by atoms with E-state index in [0.29, 0.717) is 17.2 Å². The molecule has 1 aromatic carbocycles. The molecule has 0 saturated carbocycles. The zero-order chi connectivity index (χ0) is 18.7. The van der Waals surface area contributed by atoms with Crippen LogP contribution >= 0.6 is 11.3 Å². The van der Waals surface area contributed by atoms with Crippen LogP contribution in [0.25, 0.3) is 21.6 Å². The first-order valence-electron chi connectivity index (χ1n) is 8.85. The fourth-order valence-corrected chi connectivity index (χ4v) is 3.99. The van der Waals surface area contributed by atoms with Gasteiger partial charge in [0.25, 0.3) is 5.56 Å². The molecular weight excluding hydrogens is 348 g/mol. The summed E-state index contributed by atoms with van der Waals surface area (Å²) in [5.74, 6) is -0.475. The van der Waals surface area contributed by atoms with Crippen molar-refractivity contribution in [1.29, 1.82) is 0 Å². The van der Waals surface area contributed by atoms with E-state index in [-0.39, 0.29) is 16.5 Å². The number of carboxylic acid groups (broad SMARTS) is 1. The molecule has 0 bridgehead atoms. The maximum absolute atomic E-state index is 13.1. The topological polar surface area (TPSA) is 72.2 Å². The molecule has 0 spiro atoms. The number of fused-ring (bicyclic) bond motifs is 1. The Kier molecular flexibility index (Phi) is 5.52. The number of carboxylic acids is 1. The third kappa shape index (κ3) is 3.55. The molecule has 3 rings (SSSR count). The molecule has 0 radical (unpaired) electrons. The summed E-state index contributed by atoms with van der Waals surface area (Å²) < 4.78 is 1.64. The van der Waals surface area contributed by atoms with Crippen LogP contribution in [-0.2, 0) is 6.54 Å². The molecule has 1 N–H and O–H groups in total. The second-order valence-corrected chi connectivity index (χ2v) is 7.32. The Labute approximate surface area is 155 Å². The highest BCUT2D eigenvalue weighted by Gasteiger charge is 2.20. The average molecular weight is 370 g/mol. The van der Waals surface area contributed by atoms with E-state index in [4.69, 9.17) is 0 Å². The highest BCUT2D eigenvalue weighted by Crippen LogP contribution is 2.26. The van der Waals surface area contributed by atoms with Crippen molar-refractivity contribution < 1.29 is 9.90 Å². The van der Waals surface area contributed by atoms with Gasteiger partial charge in [0.05, 0.1) is 10.9 Å². The van der Waals surface area contributed by atoms with E-state index in [9.17, 15) is 14.7 Å². The van der Waals surface area contributed by atoms with Gasteiger partial charge in [0, 0.05) is 17.5 Å². The van der Waals surface area contributed by atoms with E-state index in [1.807, 2.05) is 31.2 Å². The molecule has 0 saturated heterocycles. The number of carbonyl (C=O) groups is 1. The summed E-state index contributed by atoms with van der Waals surface area (Å²) in [7, 11) is 0. The van der Waals surface area contributed by atoms with Crippen LogP contribution < -0.4 is 5.56 Å². The number of unbranched alkanes of at least 4 members (excludes halogenated alkanes) is 3. The molecule has 5 nitrogen and oxygen atoms in total. The van der Waals surface area contributed by atoms with Gasteiger partial charge in [0.2, 0.25) is 0 Å². The predicted octanol–water partition coefficient (Wildman–Crippen LogP) is 4.71. The number of thiophene rings is 1. The smallest absolute Gasteiger partial charge is 0.337 e. The van der Waals surface area contributed by atoms with Gasteiger partial charge in [-0.3, -0.25) is 9.36 Å². The number of aromatic carboxylic acids is 1. The van der Waals surface area contributed by atoms with Crippen molar-refractivity contribution in [3.05, 3.63) is 51.1 Å². The molecule has 0 aliphatic heterocycles. The minimum absolute atomic E-state index is 0.0422. The van der Waals surface area contributed by atoms with Gasteiger partial charge in [-0.05, 0) is 19.4 Å². The fraction of sp³-hybridized carbons (Fsp3) is 0.350. The molecule has 0 amide bonds. The zero-order valence-electron chi connectivity index (χ0n) is 15.0. The normalized spacial score (nSPS) is 11.2. The van der Waals surface area contributed by atoms with Gasteiger partial charge in [-0.1, -0.05) is 49.9 Å². The molecule has 136 valence electrons. The van der Waals surface area contributed by atoms with Crippen molar-refractivity contribution in [2.45, 2.75) is 46.1 Å². The van der Waals surface area contributed by atoms with Crippen LogP contribution in [0.1, 0.15) is 48.5 Å². The molecule has 0 aliphatic rings. The van der Waals surface area contributed by atoms with Gasteiger partial charge in [-0.2, -0.15) is 0 Å². The lowest BCUT2D eigenvalue weighted by molar-refractivity contribution is 0.0699. The van der Waals surface area contributed by atoms with Crippen molar-refractivity contribution >= 4 is 27.5 Å². The van der Waals surface area contributed by atoms with Crippen LogP contribution in [0.5, 0.6) is 0 Å². The van der Waals surface area contributed by atoms with Crippen molar-refractivity contribution in [3.63, 3.8) is 0 Å². The number of hydrogen-bond donors (Lipinski definition) is 1. The predicted molar refractivity (Wildman–Crippen MR) is 105 cm³/mol. The lowest BCUT2D eigenvalue weighted by atomic mass is 10.1. The molecular formula is C20H22N2O3S. The van der Waals surface area contributed by atoms with Crippen LogP contribution in [0.2, 0.25) is 0 Å². The van der Waals surface area contributed by atoms with Crippen molar-refractivity contribution in [1.82, 2.24) is 9.55 Å². The zero-order valence-corrected chi connectivity index (χ0v) is 15.8. The van der Waals surface area contributed by atoms with E-state index in [1.165, 1.54) is 16.7 Å². The molecule has 0 unspecified atom stereocenters. The first-order chi connectivity index (χ1) is 12.5. The van der Waals surface area contributed by atoms with Crippen LogP contribution in [-0.4, -0.2) is 20.6 Å². The second kappa shape index (κ2) is 7.83. The van der Waals surface area contributed by atoms with E-state index < -0.39 is 5.97 Å². The summed E-state index contributed by atoms with van der Waals surface area (Å²) in [6, 6.07) is 7.88. The SMILES string of the molecule is CCCCCCn1c(-c2cccc(C)c2)nc2scc(C(=O)O)c2c1=O. The third-order valence-corrected chi connectivity index (χ3v) is 5.31. The summed E-state index contributed by atoms with van der Waals surface area (Å²) in [6.45, 7) is 4.68. The quantitative estimate of drug-likeness (QED) is 0.611. The minimum atomic E-state index is -1.09. The molecule has 2 aromatic heterocycles. The van der Waals surface area contributed by atoms with Crippen molar-refractivity contribution in [2.75, 3.05) is 0 Å². The Bertz CT molecular complexity index is 1000. The Balaban J connectivity index is 2.18. The van der Waals surface area contributed by atoms with Crippen molar-refractivity contribution in [3.8, 4) is 11.4 Å². The molecule has 0 aliphatic carbocycles. The summed E-state index contributed by atoms with van der Waals surface area (Å²) in [4.78, 5) is 29.7. The molecule has 3 aromatic rings. The highest BCUT2D eigenvalue weighted by atomic mass is 32.1. The summed E-state index contributed by atoms with van der Waals surface area (Å²) in [5, 5.41) is 11.1. The van der Waals surface area contributed by atoms with E-state index in [0.717, 1.165) is 36.8 Å². The van der Waals surface area contributed by atoms with Crippen LogP contribution in [0, 0.1) is 6.92 Å². The number of rotatable bonds is 7. The number of hydrogen-bond acceptors (Lipinski definition) is 4. The van der Waals surface area contributed by atoms with Crippen LogP contribution in [0.3, 0.4) is 0 Å². The van der Waals surface area contributed by atoms with Crippen LogP contribution in [0.15, 0.2) is 34.4 Å². The van der Waals surface area contributed by atoms with Gasteiger partial charge < -0.3 is 5.11 Å². The van der Waals surface area contributed by atoms with Gasteiger partial charge in [0.1, 0.15) is 10.7 Å². The van der Waals surface area contributed by atoms with E-state index in [1.54, 1.807) is 4.57 Å². The molecule has 0 fully saturated rings. The fourth-order valence-electron chi connectivity index (χ4n) is 3.09. The maximum Gasteiger partial charge on any atom is 0.337 e. The Morgan fingerprint density at radius 2 is 2.08 bits per heavy atom.